The first kappa shape index (κ1) is 27.0. The van der Waals surface area contributed by atoms with E-state index in [0.717, 1.165) is 42.7 Å². The Morgan fingerprint density at radius 1 is 1.18 bits per heavy atom. The third-order valence-electron chi connectivity index (χ3n) is 6.62. The molecule has 0 aliphatic carbocycles. The van der Waals surface area contributed by atoms with E-state index in [2.05, 4.69) is 44.2 Å². The Labute approximate surface area is 220 Å². The number of halogens is 1. The number of aromatic hydroxyl groups is 1. The summed E-state index contributed by atoms with van der Waals surface area (Å²) in [7, 11) is 1.76. The average Bonchev–Trinajstić information content (AvgIpc) is 3.40. The quantitative estimate of drug-likeness (QED) is 0.376. The van der Waals surface area contributed by atoms with Crippen LogP contribution in [-0.4, -0.2) is 65.4 Å². The van der Waals surface area contributed by atoms with Gasteiger partial charge >= 0.3 is 0 Å². The van der Waals surface area contributed by atoms with E-state index in [1.54, 1.807) is 7.11 Å². The first-order valence-corrected chi connectivity index (χ1v) is 12.5. The Balaban J connectivity index is 1.39. The van der Waals surface area contributed by atoms with Crippen LogP contribution in [0.25, 0.3) is 0 Å². The van der Waals surface area contributed by atoms with Gasteiger partial charge in [-0.1, -0.05) is 36.1 Å². The molecule has 1 fully saturated rings. The van der Waals surface area contributed by atoms with Gasteiger partial charge < -0.3 is 20.1 Å². The Hall–Kier alpha value is -4.00. The lowest BCUT2D eigenvalue weighted by Gasteiger charge is -2.17. The third kappa shape index (κ3) is 7.28. The maximum absolute atomic E-state index is 12.6. The van der Waals surface area contributed by atoms with Crippen molar-refractivity contribution < 1.29 is 19.0 Å². The van der Waals surface area contributed by atoms with Crippen molar-refractivity contribution in [1.29, 1.82) is 0 Å². The number of likely N-dealkylation sites (tertiary alicyclic amines) is 1. The summed E-state index contributed by atoms with van der Waals surface area (Å²) in [4.78, 5) is 32.1. The highest BCUT2D eigenvalue weighted by Gasteiger charge is 2.22. The fraction of sp³-hybridized carbons (Fsp3) is 0.345. The second kappa shape index (κ2) is 13.0. The minimum atomic E-state index is -1.15. The topological polar surface area (TPSA) is 108 Å². The van der Waals surface area contributed by atoms with Crippen molar-refractivity contribution in [2.75, 3.05) is 33.4 Å². The van der Waals surface area contributed by atoms with Crippen LogP contribution in [0.5, 0.6) is 5.75 Å². The number of hydrogen-bond donors (Lipinski definition) is 3. The van der Waals surface area contributed by atoms with E-state index < -0.39 is 29.8 Å². The number of carbonyl (C=O) groups excluding carboxylic acids is 1. The second-order valence-electron chi connectivity index (χ2n) is 9.33. The highest BCUT2D eigenvalue weighted by molar-refractivity contribution is 5.77. The number of benzene rings is 2. The van der Waals surface area contributed by atoms with Crippen molar-refractivity contribution in [3.05, 3.63) is 93.2 Å². The number of amides is 1. The highest BCUT2D eigenvalue weighted by Crippen LogP contribution is 2.24. The van der Waals surface area contributed by atoms with Crippen molar-refractivity contribution >= 4 is 5.91 Å². The maximum atomic E-state index is 12.6. The van der Waals surface area contributed by atoms with Crippen LogP contribution in [0.4, 0.5) is 4.39 Å². The molecule has 1 unspecified atom stereocenters. The van der Waals surface area contributed by atoms with Crippen LogP contribution in [0, 0.1) is 11.8 Å². The van der Waals surface area contributed by atoms with Gasteiger partial charge in [-0.15, -0.1) is 0 Å². The Morgan fingerprint density at radius 2 is 1.84 bits per heavy atom. The van der Waals surface area contributed by atoms with Gasteiger partial charge in [0.25, 0.3) is 11.5 Å². The van der Waals surface area contributed by atoms with Gasteiger partial charge in [-0.05, 0) is 48.2 Å². The molecule has 4 rings (SSSR count). The molecule has 0 bridgehead atoms. The van der Waals surface area contributed by atoms with Gasteiger partial charge in [0.1, 0.15) is 0 Å². The number of nitrogens with zero attached hydrogens (tertiary/aromatic N) is 2. The normalized spacial score (nSPS) is 16.0. The summed E-state index contributed by atoms with van der Waals surface area (Å²) in [6.07, 6.45) is 2.95. The lowest BCUT2D eigenvalue weighted by Crippen LogP contribution is -2.31. The van der Waals surface area contributed by atoms with Gasteiger partial charge in [0, 0.05) is 50.3 Å². The molecule has 2 atom stereocenters. The van der Waals surface area contributed by atoms with E-state index in [-0.39, 0.29) is 12.2 Å². The van der Waals surface area contributed by atoms with E-state index in [1.807, 2.05) is 36.4 Å². The Morgan fingerprint density at radius 3 is 2.45 bits per heavy atom. The first-order chi connectivity index (χ1) is 18.4. The predicted octanol–water partition coefficient (Wildman–Crippen LogP) is 2.51. The second-order valence-corrected chi connectivity index (χ2v) is 9.33. The number of rotatable bonds is 9. The zero-order valence-corrected chi connectivity index (χ0v) is 21.2. The summed E-state index contributed by atoms with van der Waals surface area (Å²) < 4.78 is 18.1. The molecule has 198 valence electrons. The van der Waals surface area contributed by atoms with Gasteiger partial charge in [-0.3, -0.25) is 14.5 Å². The molecular formula is C29H31FN4O4. The number of aromatic nitrogens is 2. The van der Waals surface area contributed by atoms with E-state index in [9.17, 15) is 19.1 Å². The summed E-state index contributed by atoms with van der Waals surface area (Å²) >= 11 is 0. The molecule has 2 heterocycles. The molecule has 1 saturated heterocycles. The number of ether oxygens (including phenoxy) is 1. The lowest BCUT2D eigenvalue weighted by atomic mass is 9.94. The van der Waals surface area contributed by atoms with Gasteiger partial charge in [0.15, 0.2) is 6.67 Å². The van der Waals surface area contributed by atoms with Crippen LogP contribution in [0.2, 0.25) is 0 Å². The molecule has 0 radical (unpaired) electrons. The molecule has 1 amide bonds. The van der Waals surface area contributed by atoms with Gasteiger partial charge in [-0.25, -0.2) is 9.37 Å². The Kier molecular flexibility index (Phi) is 9.25. The van der Waals surface area contributed by atoms with Crippen LogP contribution in [0.15, 0.2) is 59.7 Å². The standard InChI is InChI=1S/C29H31FN4O4/c1-38-25-12-13-34(18-25)17-23-10-6-21(7-11-23)3-2-20-4-8-22(9-5-20)14-24(16-31-26(35)15-30)27-28(36)29(37)33-19-32-27/h4-11,19,24-25,36H,12-18H2,1H3,(H,31,35)(H,32,33,37)/t24?,25-/m1/s1. The Bertz CT molecular complexity index is 1350. The molecule has 0 saturated carbocycles. The smallest absolute Gasteiger partial charge is 0.293 e. The lowest BCUT2D eigenvalue weighted by molar-refractivity contribution is -0.122. The number of carbonyl (C=O) groups is 1. The minimum Gasteiger partial charge on any atom is -0.502 e. The fourth-order valence-electron chi connectivity index (χ4n) is 4.49. The van der Waals surface area contributed by atoms with Gasteiger partial charge in [0.2, 0.25) is 5.75 Å². The number of nitrogens with one attached hydrogen (secondary N) is 2. The number of aromatic amines is 1. The first-order valence-electron chi connectivity index (χ1n) is 12.5. The fourth-order valence-corrected chi connectivity index (χ4v) is 4.49. The zero-order chi connectivity index (χ0) is 26.9. The summed E-state index contributed by atoms with van der Waals surface area (Å²) in [6.45, 7) is 1.78. The predicted molar refractivity (Wildman–Crippen MR) is 142 cm³/mol. The molecule has 1 aliphatic rings. The molecule has 0 spiro atoms. The van der Waals surface area contributed by atoms with Crippen molar-refractivity contribution in [3.8, 4) is 17.6 Å². The maximum Gasteiger partial charge on any atom is 0.293 e. The number of alkyl halides is 1. The van der Waals surface area contributed by atoms with Crippen LogP contribution in [-0.2, 0) is 22.5 Å². The van der Waals surface area contributed by atoms with Crippen LogP contribution < -0.4 is 10.9 Å². The zero-order valence-electron chi connectivity index (χ0n) is 21.2. The SMILES string of the molecule is CO[C@@H]1CCN(Cc2ccc(C#Cc3ccc(CC(CNC(=O)CF)c4nc[nH]c(=O)c4O)cc3)cc2)C1. The molecule has 38 heavy (non-hydrogen) atoms. The molecule has 1 aliphatic heterocycles. The summed E-state index contributed by atoms with van der Waals surface area (Å²) in [5, 5.41) is 12.6. The summed E-state index contributed by atoms with van der Waals surface area (Å²) in [5.41, 5.74) is 3.36. The van der Waals surface area contributed by atoms with E-state index in [0.29, 0.717) is 12.5 Å². The summed E-state index contributed by atoms with van der Waals surface area (Å²) in [6, 6.07) is 15.8. The minimum absolute atomic E-state index is 0.0229. The average molecular weight is 519 g/mol. The monoisotopic (exact) mass is 518 g/mol. The number of hydrogen-bond acceptors (Lipinski definition) is 6. The van der Waals surface area contributed by atoms with Crippen molar-refractivity contribution in [2.24, 2.45) is 0 Å². The van der Waals surface area contributed by atoms with Crippen LogP contribution in [0.1, 0.15) is 40.3 Å². The molecule has 1 aromatic heterocycles. The largest absolute Gasteiger partial charge is 0.502 e. The van der Waals surface area contributed by atoms with Crippen molar-refractivity contribution in [2.45, 2.75) is 31.4 Å². The molecule has 3 N–H and O–H groups in total. The molecule has 8 nitrogen and oxygen atoms in total. The highest BCUT2D eigenvalue weighted by atomic mass is 19.1. The molecule has 9 heteroatoms. The van der Waals surface area contributed by atoms with Gasteiger partial charge in [-0.2, -0.15) is 0 Å². The molecule has 3 aromatic rings. The van der Waals surface area contributed by atoms with Gasteiger partial charge in [0.05, 0.1) is 18.1 Å². The van der Waals surface area contributed by atoms with Crippen LogP contribution >= 0.6 is 0 Å². The number of methoxy groups -OCH3 is 1. The summed E-state index contributed by atoms with van der Waals surface area (Å²) in [5.74, 6) is 4.55. The number of H-pyrrole nitrogens is 1. The molecule has 2 aromatic carbocycles. The van der Waals surface area contributed by atoms with Crippen molar-refractivity contribution in [1.82, 2.24) is 20.2 Å². The van der Waals surface area contributed by atoms with E-state index >= 15 is 0 Å². The van der Waals surface area contributed by atoms with Crippen LogP contribution in [0.3, 0.4) is 0 Å². The molecular weight excluding hydrogens is 487 g/mol. The van der Waals surface area contributed by atoms with E-state index in [1.165, 1.54) is 11.9 Å². The van der Waals surface area contributed by atoms with E-state index in [4.69, 9.17) is 4.74 Å². The third-order valence-corrected chi connectivity index (χ3v) is 6.62. The van der Waals surface area contributed by atoms with Crippen molar-refractivity contribution in [3.63, 3.8) is 0 Å².